The maximum Gasteiger partial charge on any atom is 0.407 e. The van der Waals surface area contributed by atoms with Gasteiger partial charge in [-0.15, -0.1) is 0 Å². The SMILES string of the molecule is Cc1cc([N+](=O)[O-])ccc1CN1CCN(CCCNC(=O)OC(C)(C)C)CC1. The molecule has 0 unspecified atom stereocenters. The lowest BCUT2D eigenvalue weighted by Crippen LogP contribution is -2.46. The van der Waals surface area contributed by atoms with Crippen LogP contribution in [0.2, 0.25) is 0 Å². The summed E-state index contributed by atoms with van der Waals surface area (Å²) in [6, 6.07) is 5.09. The molecule has 1 saturated heterocycles. The number of nitro benzene ring substituents is 1. The predicted molar refractivity (Wildman–Crippen MR) is 108 cm³/mol. The summed E-state index contributed by atoms with van der Waals surface area (Å²) in [7, 11) is 0. The number of hydrogen-bond acceptors (Lipinski definition) is 6. The second kappa shape index (κ2) is 9.84. The van der Waals surface area contributed by atoms with Gasteiger partial charge in [0.05, 0.1) is 4.92 Å². The highest BCUT2D eigenvalue weighted by Gasteiger charge is 2.19. The van der Waals surface area contributed by atoms with Gasteiger partial charge in [0.25, 0.3) is 5.69 Å². The third-order valence-corrected chi connectivity index (χ3v) is 4.72. The summed E-state index contributed by atoms with van der Waals surface area (Å²) < 4.78 is 5.22. The zero-order chi connectivity index (χ0) is 20.7. The third-order valence-electron chi connectivity index (χ3n) is 4.72. The number of carbonyl (C=O) groups excluding carboxylic acids is 1. The van der Waals surface area contributed by atoms with Crippen LogP contribution in [0.3, 0.4) is 0 Å². The van der Waals surface area contributed by atoms with Gasteiger partial charge < -0.3 is 15.0 Å². The molecule has 1 aliphatic heterocycles. The van der Waals surface area contributed by atoms with Crippen LogP contribution in [0.5, 0.6) is 0 Å². The summed E-state index contributed by atoms with van der Waals surface area (Å²) in [6.45, 7) is 13.8. The van der Waals surface area contributed by atoms with Gasteiger partial charge in [0.15, 0.2) is 0 Å². The fourth-order valence-corrected chi connectivity index (χ4v) is 3.19. The Balaban J connectivity index is 1.66. The summed E-state index contributed by atoms with van der Waals surface area (Å²) in [5, 5.41) is 13.6. The average Bonchev–Trinajstić information content (AvgIpc) is 2.60. The van der Waals surface area contributed by atoms with Gasteiger partial charge in [0.2, 0.25) is 0 Å². The molecule has 0 bridgehead atoms. The van der Waals surface area contributed by atoms with Crippen LogP contribution in [-0.2, 0) is 11.3 Å². The van der Waals surface area contributed by atoms with E-state index in [2.05, 4.69) is 15.1 Å². The Bertz CT molecular complexity index is 679. The van der Waals surface area contributed by atoms with E-state index >= 15 is 0 Å². The molecule has 1 fully saturated rings. The molecule has 1 aliphatic rings. The highest BCUT2D eigenvalue weighted by molar-refractivity contribution is 5.67. The van der Waals surface area contributed by atoms with Gasteiger partial charge in [-0.2, -0.15) is 0 Å². The van der Waals surface area contributed by atoms with E-state index in [1.54, 1.807) is 12.1 Å². The van der Waals surface area contributed by atoms with Crippen LogP contribution < -0.4 is 5.32 Å². The molecule has 1 amide bonds. The normalized spacial score (nSPS) is 16.0. The zero-order valence-electron chi connectivity index (χ0n) is 17.4. The Kier molecular flexibility index (Phi) is 7.77. The van der Waals surface area contributed by atoms with Crippen molar-refractivity contribution >= 4 is 11.8 Å². The van der Waals surface area contributed by atoms with Crippen molar-refractivity contribution in [3.05, 3.63) is 39.4 Å². The first kappa shape index (κ1) is 22.1. The van der Waals surface area contributed by atoms with Crippen molar-refractivity contribution in [3.63, 3.8) is 0 Å². The molecular formula is C20H32N4O4. The minimum Gasteiger partial charge on any atom is -0.444 e. The minimum absolute atomic E-state index is 0.145. The number of hydrogen-bond donors (Lipinski definition) is 1. The van der Waals surface area contributed by atoms with E-state index in [0.717, 1.165) is 56.8 Å². The van der Waals surface area contributed by atoms with Crippen LogP contribution in [0, 0.1) is 17.0 Å². The summed E-state index contributed by atoms with van der Waals surface area (Å²) in [4.78, 5) is 26.9. The van der Waals surface area contributed by atoms with Crippen molar-refractivity contribution in [2.24, 2.45) is 0 Å². The highest BCUT2D eigenvalue weighted by atomic mass is 16.6. The molecule has 1 aromatic rings. The van der Waals surface area contributed by atoms with Crippen molar-refractivity contribution in [3.8, 4) is 0 Å². The third kappa shape index (κ3) is 7.44. The monoisotopic (exact) mass is 392 g/mol. The van der Waals surface area contributed by atoms with Crippen molar-refractivity contribution in [1.82, 2.24) is 15.1 Å². The van der Waals surface area contributed by atoms with Gasteiger partial charge in [-0.1, -0.05) is 6.07 Å². The molecule has 0 radical (unpaired) electrons. The van der Waals surface area contributed by atoms with E-state index in [4.69, 9.17) is 4.74 Å². The number of alkyl carbamates (subject to hydrolysis) is 1. The number of carbonyl (C=O) groups is 1. The summed E-state index contributed by atoms with van der Waals surface area (Å²) in [6.07, 6.45) is 0.525. The number of amides is 1. The van der Waals surface area contributed by atoms with E-state index < -0.39 is 5.60 Å². The smallest absolute Gasteiger partial charge is 0.407 e. The van der Waals surface area contributed by atoms with Crippen molar-refractivity contribution in [2.75, 3.05) is 39.3 Å². The fourth-order valence-electron chi connectivity index (χ4n) is 3.19. The van der Waals surface area contributed by atoms with Gasteiger partial charge in [0.1, 0.15) is 5.60 Å². The van der Waals surface area contributed by atoms with E-state index in [-0.39, 0.29) is 16.7 Å². The number of nitrogens with one attached hydrogen (secondary N) is 1. The average molecular weight is 393 g/mol. The first-order valence-corrected chi connectivity index (χ1v) is 9.79. The van der Waals surface area contributed by atoms with E-state index in [1.165, 1.54) is 0 Å². The molecule has 1 aromatic carbocycles. The minimum atomic E-state index is -0.470. The fraction of sp³-hybridized carbons (Fsp3) is 0.650. The zero-order valence-corrected chi connectivity index (χ0v) is 17.4. The second-order valence-corrected chi connectivity index (χ2v) is 8.27. The molecule has 1 heterocycles. The Morgan fingerprint density at radius 1 is 1.21 bits per heavy atom. The first-order chi connectivity index (χ1) is 13.1. The molecule has 0 spiro atoms. The number of nitrogens with zero attached hydrogens (tertiary/aromatic N) is 3. The standard InChI is InChI=1S/C20H32N4O4/c1-16-14-18(24(26)27)7-6-17(16)15-23-12-10-22(11-13-23)9-5-8-21-19(25)28-20(2,3)4/h6-7,14H,5,8-13,15H2,1-4H3,(H,21,25). The van der Waals surface area contributed by atoms with E-state index in [9.17, 15) is 14.9 Å². The van der Waals surface area contributed by atoms with Crippen LogP contribution >= 0.6 is 0 Å². The number of non-ortho nitro benzene ring substituents is 1. The summed E-state index contributed by atoms with van der Waals surface area (Å²) >= 11 is 0. The van der Waals surface area contributed by atoms with Crippen LogP contribution in [0.1, 0.15) is 38.3 Å². The largest absolute Gasteiger partial charge is 0.444 e. The highest BCUT2D eigenvalue weighted by Crippen LogP contribution is 2.19. The predicted octanol–water partition coefficient (Wildman–Crippen LogP) is 2.94. The first-order valence-electron chi connectivity index (χ1n) is 9.79. The molecule has 2 rings (SSSR count). The van der Waals surface area contributed by atoms with Gasteiger partial charge in [0, 0.05) is 51.4 Å². The van der Waals surface area contributed by atoms with Gasteiger partial charge in [-0.25, -0.2) is 4.79 Å². The van der Waals surface area contributed by atoms with Crippen molar-refractivity contribution < 1.29 is 14.5 Å². The Morgan fingerprint density at radius 3 is 2.43 bits per heavy atom. The second-order valence-electron chi connectivity index (χ2n) is 8.27. The molecule has 8 heteroatoms. The quantitative estimate of drug-likeness (QED) is 0.436. The molecule has 28 heavy (non-hydrogen) atoms. The van der Waals surface area contributed by atoms with E-state index in [1.807, 2.05) is 33.8 Å². The summed E-state index contributed by atoms with van der Waals surface area (Å²) in [5.41, 5.74) is 1.78. The van der Waals surface area contributed by atoms with Crippen molar-refractivity contribution in [2.45, 2.75) is 46.3 Å². The number of aryl methyl sites for hydroxylation is 1. The molecule has 8 nitrogen and oxygen atoms in total. The molecule has 1 N–H and O–H groups in total. The topological polar surface area (TPSA) is 88.0 Å². The number of rotatable bonds is 7. The molecule has 0 saturated carbocycles. The van der Waals surface area contributed by atoms with Crippen molar-refractivity contribution in [1.29, 1.82) is 0 Å². The van der Waals surface area contributed by atoms with Crippen LogP contribution in [0.25, 0.3) is 0 Å². The molecule has 156 valence electrons. The molecular weight excluding hydrogens is 360 g/mol. The van der Waals surface area contributed by atoms with E-state index in [0.29, 0.717) is 6.54 Å². The molecule has 0 aliphatic carbocycles. The maximum absolute atomic E-state index is 11.6. The van der Waals surface area contributed by atoms with Gasteiger partial charge in [-0.05, 0) is 51.8 Å². The number of nitro groups is 1. The Morgan fingerprint density at radius 2 is 1.86 bits per heavy atom. The Hall–Kier alpha value is -2.19. The van der Waals surface area contributed by atoms with Gasteiger partial charge in [-0.3, -0.25) is 15.0 Å². The van der Waals surface area contributed by atoms with Crippen LogP contribution in [0.15, 0.2) is 18.2 Å². The molecule has 0 aromatic heterocycles. The Labute approximate surface area is 167 Å². The number of ether oxygens (including phenoxy) is 1. The lowest BCUT2D eigenvalue weighted by Gasteiger charge is -2.35. The van der Waals surface area contributed by atoms with Crippen LogP contribution in [0.4, 0.5) is 10.5 Å². The van der Waals surface area contributed by atoms with Crippen LogP contribution in [-0.4, -0.2) is 65.7 Å². The summed E-state index contributed by atoms with van der Waals surface area (Å²) in [5.74, 6) is 0. The lowest BCUT2D eigenvalue weighted by atomic mass is 10.1. The number of benzene rings is 1. The molecule has 0 atom stereocenters. The number of piperazine rings is 1. The van der Waals surface area contributed by atoms with Gasteiger partial charge >= 0.3 is 6.09 Å². The maximum atomic E-state index is 11.6. The lowest BCUT2D eigenvalue weighted by molar-refractivity contribution is -0.384.